The third kappa shape index (κ3) is 8.98. The molecule has 200 valence electrons. The minimum absolute atomic E-state index is 0.218. The van der Waals surface area contributed by atoms with E-state index in [0.29, 0.717) is 35.8 Å². The van der Waals surface area contributed by atoms with Gasteiger partial charge in [0.2, 0.25) is 0 Å². The second kappa shape index (κ2) is 15.3. The van der Waals surface area contributed by atoms with E-state index < -0.39 is 23.9 Å². The summed E-state index contributed by atoms with van der Waals surface area (Å²) in [6, 6.07) is 13.5. The van der Waals surface area contributed by atoms with Crippen LogP contribution in [0.15, 0.2) is 71.8 Å². The van der Waals surface area contributed by atoms with Crippen LogP contribution in [-0.4, -0.2) is 65.5 Å². The predicted octanol–water partition coefficient (Wildman–Crippen LogP) is 3.16. The van der Waals surface area contributed by atoms with Crippen LogP contribution in [0.5, 0.6) is 11.5 Å². The lowest BCUT2D eigenvalue weighted by atomic mass is 10.1. The van der Waals surface area contributed by atoms with Gasteiger partial charge in [0.25, 0.3) is 0 Å². The van der Waals surface area contributed by atoms with Gasteiger partial charge in [-0.2, -0.15) is 0 Å². The highest BCUT2D eigenvalue weighted by Crippen LogP contribution is 2.17. The van der Waals surface area contributed by atoms with E-state index in [2.05, 4.69) is 18.9 Å². The highest BCUT2D eigenvalue weighted by molar-refractivity contribution is 6.18. The SMILES string of the molecule is COC(=O)C(=Cc1ccc(OC/C=C\COc2ccc(C=C(C(=O)OC)C(=O)OC)cc2)cc1)C(=O)OC. The van der Waals surface area contributed by atoms with Crippen LogP contribution in [0.2, 0.25) is 0 Å². The van der Waals surface area contributed by atoms with Gasteiger partial charge in [-0.25, -0.2) is 19.2 Å². The van der Waals surface area contributed by atoms with E-state index in [4.69, 9.17) is 9.47 Å². The maximum atomic E-state index is 11.8. The Labute approximate surface area is 220 Å². The van der Waals surface area contributed by atoms with Crippen molar-refractivity contribution in [1.82, 2.24) is 0 Å². The zero-order valence-electron chi connectivity index (χ0n) is 21.4. The highest BCUT2D eigenvalue weighted by atomic mass is 16.5. The van der Waals surface area contributed by atoms with Gasteiger partial charge >= 0.3 is 23.9 Å². The Balaban J connectivity index is 1.85. The molecule has 0 bridgehead atoms. The minimum atomic E-state index is -0.788. The van der Waals surface area contributed by atoms with Crippen molar-refractivity contribution in [3.63, 3.8) is 0 Å². The Morgan fingerprint density at radius 2 is 0.816 bits per heavy atom. The maximum absolute atomic E-state index is 11.8. The quantitative estimate of drug-likeness (QED) is 0.102. The first-order valence-electron chi connectivity index (χ1n) is 11.2. The first-order chi connectivity index (χ1) is 18.3. The molecule has 0 heterocycles. The van der Waals surface area contributed by atoms with Crippen LogP contribution < -0.4 is 9.47 Å². The van der Waals surface area contributed by atoms with E-state index in [-0.39, 0.29) is 11.1 Å². The van der Waals surface area contributed by atoms with Gasteiger partial charge in [0, 0.05) is 0 Å². The Hall–Kier alpha value is -4.86. The van der Waals surface area contributed by atoms with E-state index in [0.717, 1.165) is 0 Å². The monoisotopic (exact) mass is 524 g/mol. The van der Waals surface area contributed by atoms with E-state index >= 15 is 0 Å². The van der Waals surface area contributed by atoms with Crippen molar-refractivity contribution in [1.29, 1.82) is 0 Å². The van der Waals surface area contributed by atoms with Crippen molar-refractivity contribution >= 4 is 36.0 Å². The second-order valence-electron chi connectivity index (χ2n) is 7.31. The number of hydrogen-bond acceptors (Lipinski definition) is 10. The molecule has 10 nitrogen and oxygen atoms in total. The van der Waals surface area contributed by atoms with Crippen molar-refractivity contribution in [3.8, 4) is 11.5 Å². The van der Waals surface area contributed by atoms with Crippen LogP contribution in [0.4, 0.5) is 0 Å². The normalized spacial score (nSPS) is 10.1. The molecule has 2 aromatic carbocycles. The van der Waals surface area contributed by atoms with Crippen LogP contribution in [0, 0.1) is 0 Å². The third-order valence-corrected chi connectivity index (χ3v) is 4.86. The van der Waals surface area contributed by atoms with E-state index in [1.54, 1.807) is 60.7 Å². The second-order valence-corrected chi connectivity index (χ2v) is 7.31. The maximum Gasteiger partial charge on any atom is 0.345 e. The number of hydrogen-bond donors (Lipinski definition) is 0. The fraction of sp³-hybridized carbons (Fsp3) is 0.214. The van der Waals surface area contributed by atoms with Gasteiger partial charge in [-0.1, -0.05) is 24.3 Å². The average molecular weight is 525 g/mol. The van der Waals surface area contributed by atoms with Crippen molar-refractivity contribution in [2.75, 3.05) is 41.7 Å². The molecule has 10 heteroatoms. The van der Waals surface area contributed by atoms with Crippen molar-refractivity contribution in [3.05, 3.63) is 83.0 Å². The molecular formula is C28H28O10. The summed E-state index contributed by atoms with van der Waals surface area (Å²) < 4.78 is 29.7. The van der Waals surface area contributed by atoms with E-state index in [1.165, 1.54) is 40.6 Å². The minimum Gasteiger partial charge on any atom is -0.490 e. The van der Waals surface area contributed by atoms with E-state index in [1.807, 2.05) is 0 Å². The summed E-state index contributed by atoms with van der Waals surface area (Å²) in [5, 5.41) is 0. The number of ether oxygens (including phenoxy) is 6. The molecule has 0 atom stereocenters. The molecule has 2 aromatic rings. The molecule has 0 saturated carbocycles. The van der Waals surface area contributed by atoms with Gasteiger partial charge in [-0.3, -0.25) is 0 Å². The lowest BCUT2D eigenvalue weighted by Crippen LogP contribution is -2.15. The Kier molecular flexibility index (Phi) is 11.8. The Morgan fingerprint density at radius 3 is 1.08 bits per heavy atom. The molecule has 0 amide bonds. The highest BCUT2D eigenvalue weighted by Gasteiger charge is 2.20. The zero-order valence-corrected chi connectivity index (χ0v) is 21.4. The smallest absolute Gasteiger partial charge is 0.345 e. The number of esters is 4. The number of methoxy groups -OCH3 is 4. The fourth-order valence-corrected chi connectivity index (χ4v) is 2.92. The lowest BCUT2D eigenvalue weighted by Gasteiger charge is -2.06. The molecule has 0 saturated heterocycles. The number of benzene rings is 2. The fourth-order valence-electron chi connectivity index (χ4n) is 2.92. The molecule has 38 heavy (non-hydrogen) atoms. The van der Waals surface area contributed by atoms with Gasteiger partial charge in [0.1, 0.15) is 35.9 Å². The molecule has 2 rings (SSSR count). The molecule has 0 radical (unpaired) electrons. The van der Waals surface area contributed by atoms with Crippen LogP contribution in [0.25, 0.3) is 12.2 Å². The Morgan fingerprint density at radius 1 is 0.526 bits per heavy atom. The molecule has 0 aliphatic rings. The molecular weight excluding hydrogens is 496 g/mol. The predicted molar refractivity (Wildman–Crippen MR) is 137 cm³/mol. The standard InChI is InChI=1S/C28H28O10/c1-33-25(29)23(26(30)34-2)17-19-7-11-21(12-8-19)37-15-5-6-16-38-22-13-9-20(10-14-22)18-24(27(31)35-3)28(32)36-4/h5-14,17-18H,15-16H2,1-4H3/b6-5-. The molecule has 0 spiro atoms. The van der Waals surface area contributed by atoms with Gasteiger partial charge in [-0.05, 0) is 59.7 Å². The average Bonchev–Trinajstić information content (AvgIpc) is 2.96. The van der Waals surface area contributed by atoms with Crippen molar-refractivity contribution in [2.24, 2.45) is 0 Å². The van der Waals surface area contributed by atoms with Crippen molar-refractivity contribution < 1.29 is 47.6 Å². The van der Waals surface area contributed by atoms with Crippen LogP contribution in [0.3, 0.4) is 0 Å². The molecule has 0 aliphatic heterocycles. The number of carbonyl (C=O) groups excluding carboxylic acids is 4. The van der Waals surface area contributed by atoms with E-state index in [9.17, 15) is 19.2 Å². The number of rotatable bonds is 12. The summed E-state index contributed by atoms with van der Waals surface area (Å²) in [6.07, 6.45) is 6.32. The van der Waals surface area contributed by atoms with Gasteiger partial charge in [-0.15, -0.1) is 0 Å². The lowest BCUT2D eigenvalue weighted by molar-refractivity contribution is -0.145. The Bertz CT molecular complexity index is 1070. The van der Waals surface area contributed by atoms with Crippen molar-refractivity contribution in [2.45, 2.75) is 0 Å². The van der Waals surface area contributed by atoms with Crippen LogP contribution in [0.1, 0.15) is 11.1 Å². The summed E-state index contributed by atoms with van der Waals surface area (Å²) in [5.41, 5.74) is 0.760. The van der Waals surface area contributed by atoms with Crippen LogP contribution in [-0.2, 0) is 38.1 Å². The van der Waals surface area contributed by atoms with Gasteiger partial charge < -0.3 is 28.4 Å². The summed E-state index contributed by atoms with van der Waals surface area (Å²) in [5.74, 6) is -1.97. The zero-order chi connectivity index (χ0) is 27.9. The molecule has 0 unspecified atom stereocenters. The molecule has 0 fully saturated rings. The van der Waals surface area contributed by atoms with Gasteiger partial charge in [0.15, 0.2) is 0 Å². The summed E-state index contributed by atoms with van der Waals surface area (Å²) in [7, 11) is 4.73. The summed E-state index contributed by atoms with van der Waals surface area (Å²) in [6.45, 7) is 0.587. The van der Waals surface area contributed by atoms with Crippen LogP contribution >= 0.6 is 0 Å². The third-order valence-electron chi connectivity index (χ3n) is 4.86. The number of carbonyl (C=O) groups is 4. The summed E-state index contributed by atoms with van der Waals surface area (Å²) >= 11 is 0. The topological polar surface area (TPSA) is 124 Å². The first-order valence-corrected chi connectivity index (χ1v) is 11.2. The van der Waals surface area contributed by atoms with Gasteiger partial charge in [0.05, 0.1) is 28.4 Å². The molecule has 0 aromatic heterocycles. The molecule has 0 aliphatic carbocycles. The molecule has 0 N–H and O–H groups in total. The largest absolute Gasteiger partial charge is 0.490 e. The first kappa shape index (κ1) is 29.4. The summed E-state index contributed by atoms with van der Waals surface area (Å²) in [4.78, 5) is 47.0.